The van der Waals surface area contributed by atoms with Crippen LogP contribution >= 0.6 is 0 Å². The summed E-state index contributed by atoms with van der Waals surface area (Å²) in [7, 11) is 0. The van der Waals surface area contributed by atoms with Crippen LogP contribution in [0, 0.1) is 5.82 Å². The summed E-state index contributed by atoms with van der Waals surface area (Å²) in [6.07, 6.45) is 5.40. The Kier molecular flexibility index (Phi) is 10.6. The van der Waals surface area contributed by atoms with Gasteiger partial charge in [-0.05, 0) is 92.1 Å². The van der Waals surface area contributed by atoms with Crippen molar-refractivity contribution < 1.29 is 42.4 Å². The molecule has 0 saturated carbocycles. The highest BCUT2D eigenvalue weighted by Gasteiger charge is 2.22. The Hall–Kier alpha value is -4.21. The Morgan fingerprint density at radius 2 is 1.43 bits per heavy atom. The summed E-state index contributed by atoms with van der Waals surface area (Å²) < 4.78 is 49.2. The number of hydrogen-bond acceptors (Lipinski definition) is 8. The average molecular weight is 605 g/mol. The van der Waals surface area contributed by atoms with Gasteiger partial charge < -0.3 is 28.4 Å². The predicted molar refractivity (Wildman–Crippen MR) is 161 cm³/mol. The van der Waals surface area contributed by atoms with Crippen molar-refractivity contribution in [2.45, 2.75) is 70.9 Å². The third kappa shape index (κ3) is 8.67. The molecule has 0 amide bonds. The first-order valence-corrected chi connectivity index (χ1v) is 15.0. The Morgan fingerprint density at radius 1 is 0.795 bits per heavy atom. The molecule has 9 heteroatoms. The highest BCUT2D eigenvalue weighted by molar-refractivity contribution is 5.88. The summed E-state index contributed by atoms with van der Waals surface area (Å²) in [4.78, 5) is 24.4. The Balaban J connectivity index is 1.19. The summed E-state index contributed by atoms with van der Waals surface area (Å²) >= 11 is 0. The van der Waals surface area contributed by atoms with Gasteiger partial charge in [0, 0.05) is 24.8 Å². The van der Waals surface area contributed by atoms with Crippen LogP contribution in [0.1, 0.15) is 57.4 Å². The van der Waals surface area contributed by atoms with E-state index in [4.69, 9.17) is 28.4 Å². The van der Waals surface area contributed by atoms with Crippen LogP contribution in [0.25, 0.3) is 11.1 Å². The fourth-order valence-corrected chi connectivity index (χ4v) is 4.88. The number of halogens is 1. The standard InChI is InChI=1S/C35H37FO8/c1-23(2)35(38)41-27-14-11-25(12-15-27)26-13-17-29(28(36)22-26)42-32(37)18-10-24-9-16-30(43-33-7-3-5-19-39-33)31(21-24)44-34-8-4-6-20-40-34/h9,11-17,21-22,33-34H,1,3-8,10,18-20H2,2H3. The molecule has 2 saturated heterocycles. The van der Waals surface area contributed by atoms with Crippen molar-refractivity contribution in [3.63, 3.8) is 0 Å². The van der Waals surface area contributed by atoms with E-state index in [0.717, 1.165) is 44.1 Å². The molecule has 232 valence electrons. The molecule has 3 aromatic carbocycles. The van der Waals surface area contributed by atoms with Crippen LogP contribution in [0.4, 0.5) is 4.39 Å². The Bertz CT molecular complexity index is 1460. The lowest BCUT2D eigenvalue weighted by molar-refractivity contribution is -0.134. The quantitative estimate of drug-likeness (QED) is 0.128. The zero-order valence-corrected chi connectivity index (χ0v) is 24.9. The number of carbonyl (C=O) groups excluding carboxylic acids is 2. The van der Waals surface area contributed by atoms with Crippen molar-refractivity contribution in [2.24, 2.45) is 0 Å². The second-order valence-corrected chi connectivity index (χ2v) is 10.9. The van der Waals surface area contributed by atoms with Crippen molar-refractivity contribution >= 4 is 11.9 Å². The second kappa shape index (κ2) is 15.0. The van der Waals surface area contributed by atoms with E-state index in [2.05, 4.69) is 6.58 Å². The molecule has 5 rings (SSSR count). The first kappa shape index (κ1) is 31.2. The fraction of sp³-hybridized carbons (Fsp3) is 0.371. The van der Waals surface area contributed by atoms with Crippen LogP contribution in [0.3, 0.4) is 0 Å². The molecule has 8 nitrogen and oxygen atoms in total. The topological polar surface area (TPSA) is 89.5 Å². The van der Waals surface area contributed by atoms with E-state index in [0.29, 0.717) is 48.0 Å². The zero-order chi connectivity index (χ0) is 30.9. The minimum absolute atomic E-state index is 0.0386. The Labute approximate surface area is 256 Å². The fourth-order valence-electron chi connectivity index (χ4n) is 4.88. The van der Waals surface area contributed by atoms with Crippen LogP contribution in [-0.2, 0) is 25.5 Å². The number of ether oxygens (including phenoxy) is 6. The number of benzene rings is 3. The zero-order valence-electron chi connectivity index (χ0n) is 24.9. The van der Waals surface area contributed by atoms with E-state index in [9.17, 15) is 14.0 Å². The van der Waals surface area contributed by atoms with Gasteiger partial charge in [-0.25, -0.2) is 9.18 Å². The maximum absolute atomic E-state index is 14.9. The molecule has 2 aliphatic heterocycles. The molecule has 0 aromatic heterocycles. The molecule has 0 spiro atoms. The third-order valence-electron chi connectivity index (χ3n) is 7.32. The van der Waals surface area contributed by atoms with Crippen LogP contribution in [0.5, 0.6) is 23.0 Å². The highest BCUT2D eigenvalue weighted by atomic mass is 19.1. The first-order valence-electron chi connectivity index (χ1n) is 15.0. The molecular weight excluding hydrogens is 567 g/mol. The Morgan fingerprint density at radius 3 is 2.05 bits per heavy atom. The molecule has 0 radical (unpaired) electrons. The number of carbonyl (C=O) groups is 2. The summed E-state index contributed by atoms with van der Waals surface area (Å²) in [5.74, 6) is -0.427. The van der Waals surface area contributed by atoms with E-state index >= 15 is 0 Å². The normalized spacial score (nSPS) is 18.2. The maximum Gasteiger partial charge on any atom is 0.338 e. The van der Waals surface area contributed by atoms with Gasteiger partial charge in [0.1, 0.15) is 5.75 Å². The lowest BCUT2D eigenvalue weighted by Gasteiger charge is -2.27. The van der Waals surface area contributed by atoms with Crippen LogP contribution < -0.4 is 18.9 Å². The highest BCUT2D eigenvalue weighted by Crippen LogP contribution is 2.34. The van der Waals surface area contributed by atoms with Crippen LogP contribution in [-0.4, -0.2) is 37.7 Å². The van der Waals surface area contributed by atoms with Gasteiger partial charge in [0.25, 0.3) is 0 Å². The monoisotopic (exact) mass is 604 g/mol. The van der Waals surface area contributed by atoms with Gasteiger partial charge in [-0.2, -0.15) is 0 Å². The van der Waals surface area contributed by atoms with Gasteiger partial charge in [0.05, 0.1) is 13.2 Å². The molecule has 0 aliphatic carbocycles. The molecule has 2 heterocycles. The lowest BCUT2D eigenvalue weighted by atomic mass is 10.1. The van der Waals surface area contributed by atoms with Crippen molar-refractivity contribution in [1.82, 2.24) is 0 Å². The van der Waals surface area contributed by atoms with Crippen molar-refractivity contribution in [3.8, 4) is 34.1 Å². The van der Waals surface area contributed by atoms with Gasteiger partial charge in [0.2, 0.25) is 0 Å². The van der Waals surface area contributed by atoms with E-state index in [1.807, 2.05) is 18.2 Å². The molecular formula is C35H37FO8. The molecule has 44 heavy (non-hydrogen) atoms. The number of esters is 2. The average Bonchev–Trinajstić information content (AvgIpc) is 3.03. The summed E-state index contributed by atoms with van der Waals surface area (Å²) in [6.45, 7) is 6.43. The SMILES string of the molecule is C=C(C)C(=O)Oc1ccc(-c2ccc(OC(=O)CCc3ccc(OC4CCCCO4)c(OC4CCCCO4)c3)c(F)c2)cc1. The van der Waals surface area contributed by atoms with Crippen LogP contribution in [0.15, 0.2) is 72.8 Å². The molecule has 2 aliphatic rings. The van der Waals surface area contributed by atoms with Gasteiger partial charge in [-0.15, -0.1) is 0 Å². The van der Waals surface area contributed by atoms with E-state index in [-0.39, 0.29) is 30.3 Å². The van der Waals surface area contributed by atoms with E-state index < -0.39 is 17.8 Å². The van der Waals surface area contributed by atoms with Gasteiger partial charge >= 0.3 is 11.9 Å². The minimum atomic E-state index is -0.664. The molecule has 2 fully saturated rings. The van der Waals surface area contributed by atoms with E-state index in [1.54, 1.807) is 37.3 Å². The van der Waals surface area contributed by atoms with Gasteiger partial charge in [-0.1, -0.05) is 30.8 Å². The van der Waals surface area contributed by atoms with Crippen molar-refractivity contribution in [3.05, 3.63) is 84.2 Å². The molecule has 0 N–H and O–H groups in total. The van der Waals surface area contributed by atoms with Crippen LogP contribution in [0.2, 0.25) is 0 Å². The number of hydrogen-bond donors (Lipinski definition) is 0. The molecule has 3 aromatic rings. The first-order chi connectivity index (χ1) is 21.3. The third-order valence-corrected chi connectivity index (χ3v) is 7.32. The maximum atomic E-state index is 14.9. The molecule has 0 bridgehead atoms. The predicted octanol–water partition coefficient (Wildman–Crippen LogP) is 7.32. The summed E-state index contributed by atoms with van der Waals surface area (Å²) in [5, 5.41) is 0. The molecule has 2 unspecified atom stereocenters. The number of aryl methyl sites for hydroxylation is 1. The van der Waals surface area contributed by atoms with E-state index in [1.165, 1.54) is 12.1 Å². The summed E-state index contributed by atoms with van der Waals surface area (Å²) in [6, 6.07) is 16.6. The largest absolute Gasteiger partial charge is 0.461 e. The van der Waals surface area contributed by atoms with Gasteiger partial charge in [0.15, 0.2) is 35.6 Å². The molecule has 2 atom stereocenters. The summed E-state index contributed by atoms with van der Waals surface area (Å²) in [5.41, 5.74) is 2.42. The number of rotatable bonds is 11. The van der Waals surface area contributed by atoms with Crippen molar-refractivity contribution in [1.29, 1.82) is 0 Å². The minimum Gasteiger partial charge on any atom is -0.461 e. The van der Waals surface area contributed by atoms with Gasteiger partial charge in [-0.3, -0.25) is 4.79 Å². The second-order valence-electron chi connectivity index (χ2n) is 10.9. The lowest BCUT2D eigenvalue weighted by Crippen LogP contribution is -2.27. The van der Waals surface area contributed by atoms with Crippen molar-refractivity contribution in [2.75, 3.05) is 13.2 Å². The smallest absolute Gasteiger partial charge is 0.338 e.